The molecule has 1 heterocycles. The van der Waals surface area contributed by atoms with Crippen LogP contribution in [0.15, 0.2) is 84.4 Å². The number of benzene rings is 2. The second-order valence-electron chi connectivity index (χ2n) is 7.74. The quantitative estimate of drug-likeness (QED) is 0.507. The smallest absolute Gasteiger partial charge is 0.264 e. The molecule has 0 atom stereocenters. The normalized spacial score (nSPS) is 14.2. The van der Waals surface area contributed by atoms with Gasteiger partial charge in [0.2, 0.25) is 0 Å². The van der Waals surface area contributed by atoms with Gasteiger partial charge in [-0.25, -0.2) is 13.1 Å². The molecular formula is C24H26N4O3S. The lowest BCUT2D eigenvalue weighted by atomic mass is 10.2. The zero-order valence-electron chi connectivity index (χ0n) is 17.7. The van der Waals surface area contributed by atoms with Gasteiger partial charge in [-0.3, -0.25) is 9.10 Å². The minimum absolute atomic E-state index is 0.0418. The topological polar surface area (TPSA) is 84.3 Å². The average molecular weight is 451 g/mol. The summed E-state index contributed by atoms with van der Waals surface area (Å²) in [5, 5.41) is 7.25. The highest BCUT2D eigenvalue weighted by Gasteiger charge is 2.25. The minimum Gasteiger partial charge on any atom is -0.307 e. The standard InChI is InChI=1S/C24H26N4O3S/c1-2-17-27(20-10-4-3-5-11-20)32(30,31)22-14-8-9-19(18-22)24(29)26-23-15-16-25-28(23)21-12-6-7-13-21/h2-5,8-11,14-16,18,21H,1,6-7,12-13,17H2,(H,26,29). The first kappa shape index (κ1) is 21.8. The van der Waals surface area contributed by atoms with E-state index < -0.39 is 10.0 Å². The van der Waals surface area contributed by atoms with Gasteiger partial charge in [0.25, 0.3) is 15.9 Å². The van der Waals surface area contributed by atoms with E-state index in [-0.39, 0.29) is 29.0 Å². The molecule has 1 N–H and O–H groups in total. The Bertz CT molecular complexity index is 1200. The lowest BCUT2D eigenvalue weighted by Crippen LogP contribution is -2.31. The lowest BCUT2D eigenvalue weighted by Gasteiger charge is -2.23. The number of nitrogens with one attached hydrogen (secondary N) is 1. The molecule has 166 valence electrons. The second kappa shape index (κ2) is 9.40. The van der Waals surface area contributed by atoms with Crippen LogP contribution in [0.25, 0.3) is 0 Å². The summed E-state index contributed by atoms with van der Waals surface area (Å²) >= 11 is 0. The van der Waals surface area contributed by atoms with Gasteiger partial charge in [0.15, 0.2) is 0 Å². The first-order valence-corrected chi connectivity index (χ1v) is 12.1. The van der Waals surface area contributed by atoms with Crippen LogP contribution in [0.4, 0.5) is 11.5 Å². The highest BCUT2D eigenvalue weighted by atomic mass is 32.2. The fraction of sp³-hybridized carbons (Fsp3) is 0.250. The number of anilines is 2. The Labute approximate surface area is 188 Å². The van der Waals surface area contributed by atoms with Crippen molar-refractivity contribution >= 4 is 27.4 Å². The van der Waals surface area contributed by atoms with Crippen molar-refractivity contribution in [2.45, 2.75) is 36.6 Å². The van der Waals surface area contributed by atoms with Gasteiger partial charge in [0, 0.05) is 11.6 Å². The molecule has 1 fully saturated rings. The van der Waals surface area contributed by atoms with Crippen molar-refractivity contribution in [3.63, 3.8) is 0 Å². The van der Waals surface area contributed by atoms with E-state index >= 15 is 0 Å². The monoisotopic (exact) mass is 450 g/mol. The number of nitrogens with zero attached hydrogens (tertiary/aromatic N) is 3. The van der Waals surface area contributed by atoms with Crippen molar-refractivity contribution in [3.05, 3.63) is 85.1 Å². The van der Waals surface area contributed by atoms with E-state index in [1.54, 1.807) is 48.7 Å². The molecular weight excluding hydrogens is 424 g/mol. The highest BCUT2D eigenvalue weighted by Crippen LogP contribution is 2.31. The SMILES string of the molecule is C=CCN(c1ccccc1)S(=O)(=O)c1cccc(C(=O)Nc2ccnn2C2CCCC2)c1. The van der Waals surface area contributed by atoms with Gasteiger partial charge >= 0.3 is 0 Å². The summed E-state index contributed by atoms with van der Waals surface area (Å²) in [5.74, 6) is 0.240. The van der Waals surface area contributed by atoms with Crippen LogP contribution in [0, 0.1) is 0 Å². The molecule has 2 aromatic carbocycles. The Morgan fingerprint density at radius 3 is 2.59 bits per heavy atom. The van der Waals surface area contributed by atoms with Crippen LogP contribution in [0.3, 0.4) is 0 Å². The molecule has 0 aliphatic heterocycles. The maximum atomic E-state index is 13.4. The van der Waals surface area contributed by atoms with E-state index in [1.807, 2.05) is 10.7 Å². The Balaban J connectivity index is 1.60. The molecule has 0 bridgehead atoms. The lowest BCUT2D eigenvalue weighted by molar-refractivity contribution is 0.102. The summed E-state index contributed by atoms with van der Waals surface area (Å²) in [7, 11) is -3.89. The van der Waals surface area contributed by atoms with E-state index in [0.717, 1.165) is 25.7 Å². The molecule has 4 rings (SSSR count). The fourth-order valence-corrected chi connectivity index (χ4v) is 5.50. The number of sulfonamides is 1. The van der Waals surface area contributed by atoms with Crippen LogP contribution in [0.2, 0.25) is 0 Å². The maximum absolute atomic E-state index is 13.4. The number of amides is 1. The molecule has 3 aromatic rings. The number of carbonyl (C=O) groups excluding carboxylic acids is 1. The molecule has 0 radical (unpaired) electrons. The number of aromatic nitrogens is 2. The van der Waals surface area contributed by atoms with Gasteiger partial charge in [-0.2, -0.15) is 5.10 Å². The fourth-order valence-electron chi connectivity index (χ4n) is 4.02. The zero-order valence-corrected chi connectivity index (χ0v) is 18.5. The van der Waals surface area contributed by atoms with Crippen molar-refractivity contribution in [2.24, 2.45) is 0 Å². The van der Waals surface area contributed by atoms with E-state index in [2.05, 4.69) is 17.0 Å². The third-order valence-corrected chi connectivity index (χ3v) is 7.40. The Morgan fingerprint density at radius 1 is 1.12 bits per heavy atom. The van der Waals surface area contributed by atoms with Crippen LogP contribution in [-0.4, -0.2) is 30.7 Å². The largest absolute Gasteiger partial charge is 0.307 e. The van der Waals surface area contributed by atoms with E-state index in [9.17, 15) is 13.2 Å². The molecule has 0 unspecified atom stereocenters. The predicted octanol–water partition coefficient (Wildman–Crippen LogP) is 4.63. The van der Waals surface area contributed by atoms with Crippen LogP contribution in [0.5, 0.6) is 0 Å². The average Bonchev–Trinajstić information content (AvgIpc) is 3.50. The summed E-state index contributed by atoms with van der Waals surface area (Å²) in [5.41, 5.74) is 0.791. The van der Waals surface area contributed by atoms with Crippen molar-refractivity contribution in [1.82, 2.24) is 9.78 Å². The molecule has 7 nitrogen and oxygen atoms in total. The van der Waals surface area contributed by atoms with Crippen LogP contribution in [-0.2, 0) is 10.0 Å². The molecule has 1 aliphatic carbocycles. The third kappa shape index (κ3) is 4.45. The molecule has 1 amide bonds. The van der Waals surface area contributed by atoms with Crippen LogP contribution < -0.4 is 9.62 Å². The van der Waals surface area contributed by atoms with Crippen LogP contribution in [0.1, 0.15) is 42.1 Å². The van der Waals surface area contributed by atoms with Gasteiger partial charge in [-0.15, -0.1) is 6.58 Å². The summed E-state index contributed by atoms with van der Waals surface area (Å²) in [6, 6.07) is 16.9. The summed E-state index contributed by atoms with van der Waals surface area (Å²) in [6.45, 7) is 3.80. The van der Waals surface area contributed by atoms with Crippen molar-refractivity contribution in [3.8, 4) is 0 Å². The Kier molecular flexibility index (Phi) is 6.41. The molecule has 1 saturated carbocycles. The highest BCUT2D eigenvalue weighted by molar-refractivity contribution is 7.92. The van der Waals surface area contributed by atoms with Gasteiger partial charge in [-0.1, -0.05) is 43.2 Å². The molecule has 0 saturated heterocycles. The summed E-state index contributed by atoms with van der Waals surface area (Å²) < 4.78 is 29.9. The van der Waals surface area contributed by atoms with Crippen molar-refractivity contribution in [2.75, 3.05) is 16.2 Å². The summed E-state index contributed by atoms with van der Waals surface area (Å²) in [6.07, 6.45) is 7.59. The molecule has 8 heteroatoms. The first-order valence-electron chi connectivity index (χ1n) is 10.6. The number of hydrogen-bond acceptors (Lipinski definition) is 4. The number of rotatable bonds is 8. The minimum atomic E-state index is -3.89. The first-order chi connectivity index (χ1) is 15.5. The molecule has 1 aromatic heterocycles. The van der Waals surface area contributed by atoms with E-state index in [0.29, 0.717) is 11.5 Å². The second-order valence-corrected chi connectivity index (χ2v) is 9.60. The van der Waals surface area contributed by atoms with Crippen molar-refractivity contribution in [1.29, 1.82) is 0 Å². The maximum Gasteiger partial charge on any atom is 0.264 e. The van der Waals surface area contributed by atoms with Crippen LogP contribution >= 0.6 is 0 Å². The third-order valence-electron chi connectivity index (χ3n) is 5.61. The predicted molar refractivity (Wildman–Crippen MR) is 125 cm³/mol. The van der Waals surface area contributed by atoms with Gasteiger partial charge in [0.1, 0.15) is 5.82 Å². The van der Waals surface area contributed by atoms with E-state index in [4.69, 9.17) is 0 Å². The number of para-hydroxylation sites is 1. The molecule has 0 spiro atoms. The van der Waals surface area contributed by atoms with E-state index in [1.165, 1.54) is 22.5 Å². The Hall–Kier alpha value is -3.39. The number of hydrogen-bond donors (Lipinski definition) is 1. The van der Waals surface area contributed by atoms with Gasteiger partial charge in [-0.05, 0) is 43.2 Å². The summed E-state index contributed by atoms with van der Waals surface area (Å²) in [4.78, 5) is 13.0. The molecule has 32 heavy (non-hydrogen) atoms. The Morgan fingerprint density at radius 2 is 1.88 bits per heavy atom. The van der Waals surface area contributed by atoms with Crippen molar-refractivity contribution < 1.29 is 13.2 Å². The zero-order chi connectivity index (χ0) is 22.6. The van der Waals surface area contributed by atoms with Gasteiger partial charge < -0.3 is 5.32 Å². The molecule has 1 aliphatic rings. The number of carbonyl (C=O) groups is 1. The van der Waals surface area contributed by atoms with Gasteiger partial charge in [0.05, 0.1) is 29.4 Å².